The van der Waals surface area contributed by atoms with Gasteiger partial charge in [-0.2, -0.15) is 0 Å². The molecule has 0 aliphatic rings. The fourth-order valence-corrected chi connectivity index (χ4v) is 4.14. The number of aliphatic imine (C=N–C) groups is 1. The van der Waals surface area contributed by atoms with Gasteiger partial charge in [-0.05, 0) is 38.5 Å². The molecule has 1 aromatic carbocycles. The van der Waals surface area contributed by atoms with Crippen LogP contribution < -0.4 is 0 Å². The predicted octanol–water partition coefficient (Wildman–Crippen LogP) is 4.02. The van der Waals surface area contributed by atoms with Crippen molar-refractivity contribution in [3.05, 3.63) is 39.8 Å². The first kappa shape index (κ1) is 26.1. The first-order valence-electron chi connectivity index (χ1n) is 7.57. The van der Waals surface area contributed by atoms with Crippen LogP contribution in [0.25, 0.3) is 0 Å². The summed E-state index contributed by atoms with van der Waals surface area (Å²) in [6, 6.07) is 6.87. The van der Waals surface area contributed by atoms with Gasteiger partial charge >= 0.3 is 0 Å². The van der Waals surface area contributed by atoms with Crippen molar-refractivity contribution >= 4 is 37.0 Å². The second-order valence-electron chi connectivity index (χ2n) is 5.03. The molecule has 0 saturated heterocycles. The van der Waals surface area contributed by atoms with Gasteiger partial charge in [0.05, 0.1) is 10.6 Å². The van der Waals surface area contributed by atoms with E-state index < -0.39 is 19.7 Å². The summed E-state index contributed by atoms with van der Waals surface area (Å²) < 4.78 is 44.3. The Kier molecular flexibility index (Phi) is 11.9. The molecule has 0 atom stereocenters. The number of aryl methyl sites for hydroxylation is 1. The molecule has 25 heavy (non-hydrogen) atoms. The molecule has 0 saturated carbocycles. The van der Waals surface area contributed by atoms with E-state index in [0.29, 0.717) is 10.6 Å². The molecular weight excluding hydrogens is 382 g/mol. The summed E-state index contributed by atoms with van der Waals surface area (Å²) in [6.07, 6.45) is 2.32. The van der Waals surface area contributed by atoms with E-state index in [2.05, 4.69) is 4.99 Å². The van der Waals surface area contributed by atoms with Crippen molar-refractivity contribution in [1.29, 1.82) is 0 Å². The smallest absolute Gasteiger partial charge is 0.178 e. The summed E-state index contributed by atoms with van der Waals surface area (Å²) in [5.74, 6) is 0. The van der Waals surface area contributed by atoms with Crippen molar-refractivity contribution in [3.63, 3.8) is 0 Å². The summed E-state index contributed by atoms with van der Waals surface area (Å²) in [5.41, 5.74) is 1.40. The van der Waals surface area contributed by atoms with Gasteiger partial charge in [0.1, 0.15) is 4.91 Å². The van der Waals surface area contributed by atoms with E-state index in [9.17, 15) is 16.8 Å². The van der Waals surface area contributed by atoms with Crippen LogP contribution >= 0.6 is 11.6 Å². The van der Waals surface area contributed by atoms with Gasteiger partial charge in [-0.1, -0.05) is 37.6 Å². The Morgan fingerprint density at radius 3 is 1.72 bits per heavy atom. The lowest BCUT2D eigenvalue weighted by atomic mass is 10.2. The minimum Gasteiger partial charge on any atom is -0.292 e. The van der Waals surface area contributed by atoms with Gasteiger partial charge < -0.3 is 0 Å². The van der Waals surface area contributed by atoms with Crippen LogP contribution in [-0.2, 0) is 19.7 Å². The Hall–Kier alpha value is -1.18. The molecule has 0 heterocycles. The SMILES string of the molecule is CC.CN=C(C)/C(=C(\C)Cl)S(C)(=O)=O.Cc1cccc(S(C)(=O)=O)c1. The van der Waals surface area contributed by atoms with E-state index >= 15 is 0 Å². The zero-order chi connectivity index (χ0) is 20.4. The average molecular weight is 410 g/mol. The third kappa shape index (κ3) is 10.4. The van der Waals surface area contributed by atoms with Gasteiger partial charge in [0.2, 0.25) is 0 Å². The van der Waals surface area contributed by atoms with E-state index in [-0.39, 0.29) is 9.94 Å². The van der Waals surface area contributed by atoms with Crippen LogP contribution in [0.1, 0.15) is 33.3 Å². The second-order valence-corrected chi connectivity index (χ2v) is 9.57. The zero-order valence-corrected chi connectivity index (χ0v) is 18.5. The van der Waals surface area contributed by atoms with Crippen molar-refractivity contribution in [2.24, 2.45) is 4.99 Å². The normalized spacial score (nSPS) is 12.9. The monoisotopic (exact) mass is 409 g/mol. The third-order valence-electron chi connectivity index (χ3n) is 2.77. The van der Waals surface area contributed by atoms with Crippen LogP contribution in [0.3, 0.4) is 0 Å². The van der Waals surface area contributed by atoms with Crippen molar-refractivity contribution < 1.29 is 16.8 Å². The molecular formula is C17H28ClNO4S2. The minimum atomic E-state index is -3.26. The van der Waals surface area contributed by atoms with Crippen molar-refractivity contribution in [2.45, 2.75) is 39.5 Å². The van der Waals surface area contributed by atoms with Crippen molar-refractivity contribution in [2.75, 3.05) is 19.6 Å². The van der Waals surface area contributed by atoms with Gasteiger partial charge in [-0.15, -0.1) is 0 Å². The maximum Gasteiger partial charge on any atom is 0.178 e. The lowest BCUT2D eigenvalue weighted by Gasteiger charge is -2.04. The summed E-state index contributed by atoms with van der Waals surface area (Å²) in [6.45, 7) is 9.02. The van der Waals surface area contributed by atoms with Gasteiger partial charge in [0.15, 0.2) is 19.7 Å². The lowest BCUT2D eigenvalue weighted by Crippen LogP contribution is -2.10. The highest BCUT2D eigenvalue weighted by atomic mass is 35.5. The van der Waals surface area contributed by atoms with E-state index in [1.54, 1.807) is 25.1 Å². The van der Waals surface area contributed by atoms with Crippen LogP contribution in [-0.4, -0.2) is 42.1 Å². The number of allylic oxidation sites excluding steroid dienone is 2. The van der Waals surface area contributed by atoms with Crippen LogP contribution in [0.2, 0.25) is 0 Å². The lowest BCUT2D eigenvalue weighted by molar-refractivity contribution is 0.601. The van der Waals surface area contributed by atoms with Crippen molar-refractivity contribution in [3.8, 4) is 0 Å². The molecule has 0 spiro atoms. The number of nitrogens with zero attached hydrogens (tertiary/aromatic N) is 1. The van der Waals surface area contributed by atoms with E-state index in [1.165, 1.54) is 20.2 Å². The Labute approximate surface area is 157 Å². The summed E-state index contributed by atoms with van der Waals surface area (Å²) in [7, 11) is -4.76. The minimum absolute atomic E-state index is 0.117. The number of sulfone groups is 2. The fraction of sp³-hybridized carbons (Fsp3) is 0.471. The second kappa shape index (κ2) is 11.4. The largest absolute Gasteiger partial charge is 0.292 e. The molecule has 0 aliphatic carbocycles. The van der Waals surface area contributed by atoms with Crippen LogP contribution in [0.4, 0.5) is 0 Å². The molecule has 0 fully saturated rings. The van der Waals surface area contributed by atoms with E-state index in [4.69, 9.17) is 11.6 Å². The Morgan fingerprint density at radius 1 is 1.04 bits per heavy atom. The van der Waals surface area contributed by atoms with Crippen LogP contribution in [0.5, 0.6) is 0 Å². The average Bonchev–Trinajstić information content (AvgIpc) is 2.47. The third-order valence-corrected chi connectivity index (χ3v) is 5.52. The molecule has 1 rings (SSSR count). The van der Waals surface area contributed by atoms with Gasteiger partial charge in [0.25, 0.3) is 0 Å². The molecule has 0 N–H and O–H groups in total. The molecule has 0 bridgehead atoms. The molecule has 1 aromatic rings. The van der Waals surface area contributed by atoms with Crippen LogP contribution in [0.15, 0.2) is 44.1 Å². The van der Waals surface area contributed by atoms with Crippen LogP contribution in [0, 0.1) is 6.92 Å². The number of rotatable bonds is 3. The zero-order valence-electron chi connectivity index (χ0n) is 16.1. The Morgan fingerprint density at radius 2 is 1.52 bits per heavy atom. The highest BCUT2D eigenvalue weighted by Gasteiger charge is 2.16. The molecule has 0 unspecified atom stereocenters. The predicted molar refractivity (Wildman–Crippen MR) is 108 cm³/mol. The van der Waals surface area contributed by atoms with Gasteiger partial charge in [0, 0.05) is 24.6 Å². The Bertz CT molecular complexity index is 820. The van der Waals surface area contributed by atoms with E-state index in [0.717, 1.165) is 11.8 Å². The van der Waals surface area contributed by atoms with Gasteiger partial charge in [-0.25, -0.2) is 16.8 Å². The number of hydrogen-bond acceptors (Lipinski definition) is 5. The topological polar surface area (TPSA) is 80.6 Å². The standard InChI is InChI=1S/C8H10O2S.C7H12ClNO2S.C2H6/c1-7-4-3-5-8(6-7)11(2,9)10;1-5(8)7(6(2)9-3)12(4,10)11;1-2/h3-6H,1-2H3;1-4H3;1-2H3/b;7-5-,9-6?;. The first-order valence-corrected chi connectivity index (χ1v) is 11.7. The summed E-state index contributed by atoms with van der Waals surface area (Å²) in [4.78, 5) is 4.28. The maximum absolute atomic E-state index is 11.2. The molecule has 0 aliphatic heterocycles. The number of benzene rings is 1. The maximum atomic E-state index is 11.2. The molecule has 0 aromatic heterocycles. The summed E-state index contributed by atoms with van der Waals surface area (Å²) >= 11 is 5.62. The fourth-order valence-electron chi connectivity index (χ4n) is 1.72. The summed E-state index contributed by atoms with van der Waals surface area (Å²) in [5, 5.41) is 0.251. The highest BCUT2D eigenvalue weighted by molar-refractivity contribution is 7.95. The van der Waals surface area contributed by atoms with Gasteiger partial charge in [-0.3, -0.25) is 4.99 Å². The first-order chi connectivity index (χ1) is 11.3. The molecule has 0 amide bonds. The quantitative estimate of drug-likeness (QED) is 0.706. The molecule has 8 heteroatoms. The number of halogens is 1. The molecule has 144 valence electrons. The molecule has 5 nitrogen and oxygen atoms in total. The number of hydrogen-bond donors (Lipinski definition) is 0. The Balaban J connectivity index is 0. The highest BCUT2D eigenvalue weighted by Crippen LogP contribution is 2.16. The molecule has 0 radical (unpaired) electrons. The van der Waals surface area contributed by atoms with Crippen molar-refractivity contribution in [1.82, 2.24) is 0 Å². The van der Waals surface area contributed by atoms with E-state index in [1.807, 2.05) is 26.8 Å².